The molecule has 0 spiro atoms. The third kappa shape index (κ3) is 5.54. The van der Waals surface area contributed by atoms with Gasteiger partial charge < -0.3 is 34.3 Å². The van der Waals surface area contributed by atoms with Gasteiger partial charge in [-0.25, -0.2) is 4.98 Å². The fourth-order valence-corrected chi connectivity index (χ4v) is 6.43. The van der Waals surface area contributed by atoms with E-state index in [-0.39, 0.29) is 6.10 Å². The number of nitrogens with two attached hydrogens (primary N) is 1. The fourth-order valence-electron chi connectivity index (χ4n) is 4.96. The van der Waals surface area contributed by atoms with Crippen molar-refractivity contribution >= 4 is 44.3 Å². The van der Waals surface area contributed by atoms with Crippen LogP contribution in [0.1, 0.15) is 4.88 Å². The lowest BCUT2D eigenvalue weighted by Gasteiger charge is -2.37. The Labute approximate surface area is 234 Å². The van der Waals surface area contributed by atoms with Crippen LogP contribution in [-0.2, 0) is 21.8 Å². The van der Waals surface area contributed by atoms with Crippen molar-refractivity contribution in [2.75, 3.05) is 54.9 Å². The summed E-state index contributed by atoms with van der Waals surface area (Å²) in [5.74, 6) is -0.0372. The van der Waals surface area contributed by atoms with Crippen molar-refractivity contribution in [2.45, 2.75) is 18.4 Å². The predicted molar refractivity (Wildman–Crippen MR) is 154 cm³/mol. The van der Waals surface area contributed by atoms with Gasteiger partial charge in [-0.15, -0.1) is 11.3 Å². The molecule has 6 rings (SSSR count). The standard InChI is InChI=1S/C28H30BrN5O3S/c29-27-9-8-26(38-27)28(19-32-11-10-31-20-32)36-18-25(37-28)17-35-24-6-4-22(5-7-24)33-12-14-34(15-13-33)23-3-1-2-21(30)16-23/h1-11,16,20,25H,12-15,17-19,30H2/t25-,28+/m0/s1. The molecule has 38 heavy (non-hydrogen) atoms. The SMILES string of the molecule is Nc1cccc(N2CCN(c3ccc(OC[C@H]4CO[C@@](Cn5ccnc5)(c5ccc(Br)s5)O4)cc3)CC2)c1. The molecular formula is C28H30BrN5O3S. The molecule has 2 aliphatic rings. The second-order valence-corrected chi connectivity index (χ2v) is 12.0. The molecule has 2 aliphatic heterocycles. The van der Waals surface area contributed by atoms with Crippen LogP contribution in [0.4, 0.5) is 17.1 Å². The number of rotatable bonds is 8. The summed E-state index contributed by atoms with van der Waals surface area (Å²) in [7, 11) is 0. The molecule has 10 heteroatoms. The lowest BCUT2D eigenvalue weighted by atomic mass is 10.2. The van der Waals surface area contributed by atoms with Crippen molar-refractivity contribution in [1.82, 2.24) is 9.55 Å². The number of thiophene rings is 1. The van der Waals surface area contributed by atoms with Gasteiger partial charge in [-0.3, -0.25) is 0 Å². The number of anilines is 3. The maximum Gasteiger partial charge on any atom is 0.223 e. The minimum atomic E-state index is -0.858. The van der Waals surface area contributed by atoms with Crippen molar-refractivity contribution in [3.05, 3.63) is 88.0 Å². The van der Waals surface area contributed by atoms with E-state index in [1.807, 2.05) is 53.2 Å². The molecule has 0 unspecified atom stereocenters. The predicted octanol–water partition coefficient (Wildman–Crippen LogP) is 4.96. The van der Waals surface area contributed by atoms with Gasteiger partial charge in [0.1, 0.15) is 18.5 Å². The van der Waals surface area contributed by atoms with Crippen LogP contribution in [0.5, 0.6) is 5.75 Å². The van der Waals surface area contributed by atoms with Crippen LogP contribution in [0.25, 0.3) is 0 Å². The summed E-state index contributed by atoms with van der Waals surface area (Å²) in [6.07, 6.45) is 5.27. The largest absolute Gasteiger partial charge is 0.491 e. The summed E-state index contributed by atoms with van der Waals surface area (Å²) in [5.41, 5.74) is 9.15. The zero-order chi connectivity index (χ0) is 26.0. The highest BCUT2D eigenvalue weighted by Gasteiger charge is 2.45. The molecule has 0 aliphatic carbocycles. The third-order valence-corrected chi connectivity index (χ3v) is 8.66. The highest BCUT2D eigenvalue weighted by atomic mass is 79.9. The van der Waals surface area contributed by atoms with Gasteiger partial charge in [-0.1, -0.05) is 6.07 Å². The maximum atomic E-state index is 6.49. The van der Waals surface area contributed by atoms with E-state index >= 15 is 0 Å². The normalized spacial score (nSPS) is 21.7. The Kier molecular flexibility index (Phi) is 7.29. The molecular weight excluding hydrogens is 566 g/mol. The van der Waals surface area contributed by atoms with Crippen LogP contribution < -0.4 is 20.3 Å². The molecule has 0 saturated carbocycles. The summed E-state index contributed by atoms with van der Waals surface area (Å²) in [4.78, 5) is 9.97. The van der Waals surface area contributed by atoms with Gasteiger partial charge in [-0.2, -0.15) is 0 Å². The number of halogens is 1. The van der Waals surface area contributed by atoms with Crippen molar-refractivity contribution < 1.29 is 14.2 Å². The van der Waals surface area contributed by atoms with Crippen molar-refractivity contribution in [1.29, 1.82) is 0 Å². The van der Waals surface area contributed by atoms with E-state index in [2.05, 4.69) is 48.9 Å². The molecule has 2 aromatic carbocycles. The average Bonchev–Trinajstić information content (AvgIpc) is 3.71. The molecule has 2 atom stereocenters. The lowest BCUT2D eigenvalue weighted by Crippen LogP contribution is -2.46. The second-order valence-electron chi connectivity index (χ2n) is 9.52. The molecule has 2 aromatic heterocycles. The van der Waals surface area contributed by atoms with E-state index in [1.165, 1.54) is 11.4 Å². The first kappa shape index (κ1) is 25.2. The van der Waals surface area contributed by atoms with Gasteiger partial charge in [-0.05, 0) is 70.5 Å². The monoisotopic (exact) mass is 595 g/mol. The topological polar surface area (TPSA) is 78.0 Å². The molecule has 2 saturated heterocycles. The minimum Gasteiger partial charge on any atom is -0.491 e. The number of ether oxygens (including phenoxy) is 3. The Hall–Kier alpha value is -3.05. The van der Waals surface area contributed by atoms with E-state index in [0.717, 1.165) is 46.3 Å². The van der Waals surface area contributed by atoms with Crippen LogP contribution in [0.3, 0.4) is 0 Å². The molecule has 4 aromatic rings. The first-order valence-electron chi connectivity index (χ1n) is 12.7. The second kappa shape index (κ2) is 11.0. The van der Waals surface area contributed by atoms with E-state index in [9.17, 15) is 0 Å². The quantitative estimate of drug-likeness (QED) is 0.288. The number of imidazole rings is 1. The summed E-state index contributed by atoms with van der Waals surface area (Å²) < 4.78 is 21.9. The van der Waals surface area contributed by atoms with Gasteiger partial charge >= 0.3 is 0 Å². The Morgan fingerprint density at radius 3 is 2.50 bits per heavy atom. The van der Waals surface area contributed by atoms with Crippen molar-refractivity contribution in [3.8, 4) is 5.75 Å². The number of hydrogen-bond donors (Lipinski definition) is 1. The lowest BCUT2D eigenvalue weighted by molar-refractivity contribution is -0.186. The molecule has 2 fully saturated rings. The van der Waals surface area contributed by atoms with E-state index < -0.39 is 5.79 Å². The van der Waals surface area contributed by atoms with Crippen molar-refractivity contribution in [3.63, 3.8) is 0 Å². The first-order chi connectivity index (χ1) is 18.6. The maximum absolute atomic E-state index is 6.49. The Balaban J connectivity index is 1.04. The molecule has 198 valence electrons. The zero-order valence-corrected chi connectivity index (χ0v) is 23.3. The highest BCUT2D eigenvalue weighted by molar-refractivity contribution is 9.11. The smallest absolute Gasteiger partial charge is 0.223 e. The number of nitrogen functional groups attached to an aromatic ring is 1. The number of aromatic nitrogens is 2. The number of benzene rings is 2. The number of nitrogens with zero attached hydrogens (tertiary/aromatic N) is 4. The summed E-state index contributed by atoms with van der Waals surface area (Å²) in [6.45, 7) is 5.23. The van der Waals surface area contributed by atoms with E-state index in [0.29, 0.717) is 19.8 Å². The first-order valence-corrected chi connectivity index (χ1v) is 14.3. The molecule has 0 bridgehead atoms. The van der Waals surface area contributed by atoms with Crippen LogP contribution >= 0.6 is 27.3 Å². The van der Waals surface area contributed by atoms with E-state index in [4.69, 9.17) is 19.9 Å². The Morgan fingerprint density at radius 1 is 1.03 bits per heavy atom. The average molecular weight is 597 g/mol. The molecule has 8 nitrogen and oxygen atoms in total. The third-order valence-electron chi connectivity index (χ3n) is 6.91. The van der Waals surface area contributed by atoms with Gasteiger partial charge in [0.15, 0.2) is 0 Å². The summed E-state index contributed by atoms with van der Waals surface area (Å²) in [5, 5.41) is 0. The van der Waals surface area contributed by atoms with Crippen LogP contribution in [0, 0.1) is 0 Å². The van der Waals surface area contributed by atoms with Gasteiger partial charge in [0.25, 0.3) is 0 Å². The van der Waals surface area contributed by atoms with Crippen LogP contribution in [0.15, 0.2) is 83.2 Å². The van der Waals surface area contributed by atoms with Crippen LogP contribution in [-0.4, -0.2) is 55.0 Å². The van der Waals surface area contributed by atoms with Gasteiger partial charge in [0.2, 0.25) is 5.79 Å². The van der Waals surface area contributed by atoms with Gasteiger partial charge in [0.05, 0.1) is 28.1 Å². The summed E-state index contributed by atoms with van der Waals surface area (Å²) in [6, 6.07) is 20.5. The zero-order valence-electron chi connectivity index (χ0n) is 20.9. The van der Waals surface area contributed by atoms with Crippen molar-refractivity contribution in [2.24, 2.45) is 0 Å². The highest BCUT2D eigenvalue weighted by Crippen LogP contribution is 2.41. The number of hydrogen-bond acceptors (Lipinski definition) is 8. The number of piperazine rings is 1. The Morgan fingerprint density at radius 2 is 1.82 bits per heavy atom. The molecule has 0 radical (unpaired) electrons. The van der Waals surface area contributed by atoms with Gasteiger partial charge in [0, 0.05) is 55.6 Å². The molecule has 0 amide bonds. The van der Waals surface area contributed by atoms with Crippen LogP contribution in [0.2, 0.25) is 0 Å². The Bertz CT molecular complexity index is 1340. The van der Waals surface area contributed by atoms with E-state index in [1.54, 1.807) is 23.9 Å². The fraction of sp³-hybridized carbons (Fsp3) is 0.321. The molecule has 2 N–H and O–H groups in total. The minimum absolute atomic E-state index is 0.181. The molecule has 4 heterocycles. The summed E-state index contributed by atoms with van der Waals surface area (Å²) >= 11 is 5.18.